The summed E-state index contributed by atoms with van der Waals surface area (Å²) < 4.78 is 2.96. The Bertz CT molecular complexity index is 647. The second-order valence-electron chi connectivity index (χ2n) is 5.24. The minimum absolute atomic E-state index is 0.189. The lowest BCUT2D eigenvalue weighted by Gasteiger charge is -2.16. The van der Waals surface area contributed by atoms with E-state index in [4.69, 9.17) is 0 Å². The summed E-state index contributed by atoms with van der Waals surface area (Å²) in [6.45, 7) is 5.03. The van der Waals surface area contributed by atoms with Crippen LogP contribution in [0.5, 0.6) is 0 Å². The Morgan fingerprint density at radius 2 is 2.16 bits per heavy atom. The molecule has 5 heteroatoms. The van der Waals surface area contributed by atoms with E-state index in [1.807, 2.05) is 27.8 Å². The van der Waals surface area contributed by atoms with Crippen molar-refractivity contribution in [1.82, 2.24) is 9.38 Å². The van der Waals surface area contributed by atoms with Gasteiger partial charge in [-0.05, 0) is 34.3 Å². The summed E-state index contributed by atoms with van der Waals surface area (Å²) in [5.41, 5.74) is 2.82. The van der Waals surface area contributed by atoms with Crippen molar-refractivity contribution in [1.29, 1.82) is 0 Å². The molecule has 1 amide bonds. The molecule has 0 saturated carbocycles. The van der Waals surface area contributed by atoms with Crippen molar-refractivity contribution in [2.75, 3.05) is 11.4 Å². The van der Waals surface area contributed by atoms with Gasteiger partial charge in [0.1, 0.15) is 0 Å². The monoisotopic (exact) mass is 321 g/mol. The van der Waals surface area contributed by atoms with Crippen LogP contribution in [0.1, 0.15) is 38.3 Å². The number of hydrogen-bond acceptors (Lipinski definition) is 2. The Balaban J connectivity index is 2.19. The Labute approximate surface area is 120 Å². The van der Waals surface area contributed by atoms with Gasteiger partial charge in [-0.15, -0.1) is 0 Å². The van der Waals surface area contributed by atoms with Gasteiger partial charge in [0.15, 0.2) is 5.65 Å². The van der Waals surface area contributed by atoms with E-state index in [9.17, 15) is 4.79 Å². The third-order valence-electron chi connectivity index (χ3n) is 3.47. The number of anilines is 1. The lowest BCUT2D eigenvalue weighted by Crippen LogP contribution is -2.24. The molecule has 1 aliphatic rings. The maximum atomic E-state index is 11.9. The molecule has 0 aliphatic carbocycles. The molecule has 0 N–H and O–H groups in total. The average Bonchev–Trinajstić information content (AvgIpc) is 2.93. The Morgan fingerprint density at radius 3 is 2.79 bits per heavy atom. The second-order valence-corrected chi connectivity index (χ2v) is 6.16. The lowest BCUT2D eigenvalue weighted by molar-refractivity contribution is -0.117. The molecule has 1 fully saturated rings. The van der Waals surface area contributed by atoms with Gasteiger partial charge < -0.3 is 9.30 Å². The largest absolute Gasteiger partial charge is 0.309 e. The molecule has 100 valence electrons. The molecule has 2 aromatic heterocycles. The molecule has 0 aromatic carbocycles. The van der Waals surface area contributed by atoms with E-state index in [1.54, 1.807) is 0 Å². The van der Waals surface area contributed by atoms with Gasteiger partial charge in [-0.3, -0.25) is 4.79 Å². The van der Waals surface area contributed by atoms with Gasteiger partial charge in [-0.25, -0.2) is 4.98 Å². The number of aromatic nitrogens is 2. The highest BCUT2D eigenvalue weighted by atomic mass is 79.9. The number of halogens is 1. The zero-order valence-corrected chi connectivity index (χ0v) is 12.6. The van der Waals surface area contributed by atoms with Crippen LogP contribution in [0.4, 0.5) is 5.69 Å². The van der Waals surface area contributed by atoms with Crippen LogP contribution in [0, 0.1) is 0 Å². The third-order valence-corrected chi connectivity index (χ3v) is 3.91. The zero-order chi connectivity index (χ0) is 13.6. The predicted molar refractivity (Wildman–Crippen MR) is 78.6 cm³/mol. The molecule has 0 spiro atoms. The van der Waals surface area contributed by atoms with Gasteiger partial charge in [0, 0.05) is 29.8 Å². The number of nitrogens with zero attached hydrogens (tertiary/aromatic N) is 3. The summed E-state index contributed by atoms with van der Waals surface area (Å²) >= 11 is 3.51. The van der Waals surface area contributed by atoms with Crippen molar-refractivity contribution < 1.29 is 4.79 Å². The summed E-state index contributed by atoms with van der Waals surface area (Å²) in [4.78, 5) is 18.5. The number of carbonyl (C=O) groups is 1. The quantitative estimate of drug-likeness (QED) is 0.850. The van der Waals surface area contributed by atoms with Crippen LogP contribution in [-0.4, -0.2) is 21.8 Å². The average molecular weight is 322 g/mol. The lowest BCUT2D eigenvalue weighted by atomic mass is 10.2. The van der Waals surface area contributed by atoms with Crippen molar-refractivity contribution in [3.05, 3.63) is 28.6 Å². The number of hydrogen-bond donors (Lipinski definition) is 0. The first-order valence-corrected chi connectivity index (χ1v) is 7.34. The number of carbonyl (C=O) groups excluding carboxylic acids is 1. The van der Waals surface area contributed by atoms with Crippen molar-refractivity contribution in [3.63, 3.8) is 0 Å². The standard InChI is InChI=1S/C14H16BrN3O/c1-9(2)11-8-17-7-10(15)6-12(14(17)16-11)18-5-3-4-13(18)19/h6-9H,3-5H2,1-2H3. The maximum Gasteiger partial charge on any atom is 0.227 e. The van der Waals surface area contributed by atoms with Crippen LogP contribution in [0.15, 0.2) is 22.9 Å². The summed E-state index contributed by atoms with van der Waals surface area (Å²) in [6, 6.07) is 1.98. The van der Waals surface area contributed by atoms with Crippen molar-refractivity contribution in [3.8, 4) is 0 Å². The fraction of sp³-hybridized carbons (Fsp3) is 0.429. The molecule has 1 saturated heterocycles. The third kappa shape index (κ3) is 2.16. The molecule has 0 atom stereocenters. The SMILES string of the molecule is CC(C)c1cn2cc(Br)cc(N3CCCC3=O)c2n1. The molecule has 0 radical (unpaired) electrons. The second kappa shape index (κ2) is 4.63. The molecular weight excluding hydrogens is 306 g/mol. The molecule has 1 aliphatic heterocycles. The number of imidazole rings is 1. The van der Waals surface area contributed by atoms with E-state index in [0.717, 1.165) is 34.5 Å². The molecular formula is C14H16BrN3O. The highest BCUT2D eigenvalue weighted by Crippen LogP contribution is 2.30. The van der Waals surface area contributed by atoms with E-state index in [1.165, 1.54) is 0 Å². The van der Waals surface area contributed by atoms with Gasteiger partial charge >= 0.3 is 0 Å². The van der Waals surface area contributed by atoms with E-state index < -0.39 is 0 Å². The predicted octanol–water partition coefficient (Wildman–Crippen LogP) is 3.35. The molecule has 19 heavy (non-hydrogen) atoms. The number of pyridine rings is 1. The first kappa shape index (κ1) is 12.7. The highest BCUT2D eigenvalue weighted by Gasteiger charge is 2.25. The van der Waals surface area contributed by atoms with Crippen molar-refractivity contribution in [2.45, 2.75) is 32.6 Å². The van der Waals surface area contributed by atoms with Crippen LogP contribution in [0.3, 0.4) is 0 Å². The van der Waals surface area contributed by atoms with E-state index >= 15 is 0 Å². The molecule has 2 aromatic rings. The zero-order valence-electron chi connectivity index (χ0n) is 11.1. The first-order chi connectivity index (χ1) is 9.06. The Morgan fingerprint density at radius 1 is 1.37 bits per heavy atom. The van der Waals surface area contributed by atoms with Crippen molar-refractivity contribution >= 4 is 33.2 Å². The van der Waals surface area contributed by atoms with Crippen LogP contribution >= 0.6 is 15.9 Å². The van der Waals surface area contributed by atoms with Crippen LogP contribution in [0.2, 0.25) is 0 Å². The molecule has 3 heterocycles. The minimum atomic E-state index is 0.189. The van der Waals surface area contributed by atoms with Crippen LogP contribution in [0.25, 0.3) is 5.65 Å². The number of rotatable bonds is 2. The summed E-state index contributed by atoms with van der Waals surface area (Å²) in [6.07, 6.45) is 5.58. The molecule has 0 unspecified atom stereocenters. The van der Waals surface area contributed by atoms with Gasteiger partial charge in [0.2, 0.25) is 5.91 Å². The number of amides is 1. The first-order valence-electron chi connectivity index (χ1n) is 6.55. The molecule has 4 nitrogen and oxygen atoms in total. The normalized spacial score (nSPS) is 16.0. The topological polar surface area (TPSA) is 37.6 Å². The minimum Gasteiger partial charge on any atom is -0.309 e. The van der Waals surface area contributed by atoms with Gasteiger partial charge in [0.25, 0.3) is 0 Å². The highest BCUT2D eigenvalue weighted by molar-refractivity contribution is 9.10. The Hall–Kier alpha value is -1.36. The maximum absolute atomic E-state index is 11.9. The van der Waals surface area contributed by atoms with Gasteiger partial charge in [0.05, 0.1) is 11.4 Å². The van der Waals surface area contributed by atoms with Crippen LogP contribution in [-0.2, 0) is 4.79 Å². The molecule has 0 bridgehead atoms. The summed E-state index contributed by atoms with van der Waals surface area (Å²) in [5.74, 6) is 0.565. The van der Waals surface area contributed by atoms with E-state index in [2.05, 4.69) is 34.8 Å². The van der Waals surface area contributed by atoms with Crippen molar-refractivity contribution in [2.24, 2.45) is 0 Å². The smallest absolute Gasteiger partial charge is 0.227 e. The molecule has 3 rings (SSSR count). The number of fused-ring (bicyclic) bond motifs is 1. The van der Waals surface area contributed by atoms with Gasteiger partial charge in [-0.1, -0.05) is 13.8 Å². The fourth-order valence-corrected chi connectivity index (χ4v) is 2.88. The Kier molecular flexibility index (Phi) is 3.09. The van der Waals surface area contributed by atoms with E-state index in [0.29, 0.717) is 12.3 Å². The summed E-state index contributed by atoms with van der Waals surface area (Å²) in [7, 11) is 0. The fourth-order valence-electron chi connectivity index (χ4n) is 2.45. The van der Waals surface area contributed by atoms with Crippen LogP contribution < -0.4 is 4.90 Å². The summed E-state index contributed by atoms with van der Waals surface area (Å²) in [5, 5.41) is 0. The van der Waals surface area contributed by atoms with Gasteiger partial charge in [-0.2, -0.15) is 0 Å². The van der Waals surface area contributed by atoms with E-state index in [-0.39, 0.29) is 5.91 Å².